The Balaban J connectivity index is 1.56. The van der Waals surface area contributed by atoms with Crippen LogP contribution in [0.1, 0.15) is 24.8 Å². The number of nitrogens with zero attached hydrogens (tertiary/aromatic N) is 3. The minimum atomic E-state index is -0.0786. The van der Waals surface area contributed by atoms with Gasteiger partial charge in [0.15, 0.2) is 5.76 Å². The second-order valence-electron chi connectivity index (χ2n) is 6.28. The Labute approximate surface area is 163 Å². The van der Waals surface area contributed by atoms with Crippen LogP contribution in [-0.4, -0.2) is 41.2 Å². The molecule has 2 aromatic heterocycles. The van der Waals surface area contributed by atoms with Gasteiger partial charge >= 0.3 is 0 Å². The van der Waals surface area contributed by atoms with E-state index in [-0.39, 0.29) is 12.5 Å². The molecular weight excluding hydrogens is 360 g/mol. The Bertz CT molecular complexity index is 876. The number of hydrogen-bond donors (Lipinski definition) is 1. The van der Waals surface area contributed by atoms with Crippen molar-refractivity contribution in [3.8, 4) is 17.4 Å². The van der Waals surface area contributed by atoms with E-state index in [1.807, 2.05) is 29.2 Å². The second kappa shape index (κ2) is 9.70. The van der Waals surface area contributed by atoms with Gasteiger partial charge in [0.2, 0.25) is 11.8 Å². The average molecular weight is 384 g/mol. The number of ether oxygens (including phenoxy) is 1. The van der Waals surface area contributed by atoms with Gasteiger partial charge in [-0.1, -0.05) is 25.1 Å². The summed E-state index contributed by atoms with van der Waals surface area (Å²) in [5.74, 6) is 1.97. The van der Waals surface area contributed by atoms with Gasteiger partial charge < -0.3 is 18.9 Å². The molecule has 0 aliphatic rings. The monoisotopic (exact) mass is 384 g/mol. The predicted octanol–water partition coefficient (Wildman–Crippen LogP) is 2.87. The van der Waals surface area contributed by atoms with E-state index in [0.717, 1.165) is 24.3 Å². The summed E-state index contributed by atoms with van der Waals surface area (Å²) >= 11 is 0. The number of methoxy groups -OCH3 is 1. The number of aromatic nitrogens is 2. The first-order chi connectivity index (χ1) is 13.7. The van der Waals surface area contributed by atoms with Crippen molar-refractivity contribution < 1.29 is 18.4 Å². The highest BCUT2D eigenvalue weighted by molar-refractivity contribution is 5.78. The van der Waals surface area contributed by atoms with E-state index in [0.29, 0.717) is 30.6 Å². The molecule has 3 aromatic rings. The molecule has 8 nitrogen and oxygen atoms in total. The lowest BCUT2D eigenvalue weighted by Crippen LogP contribution is -2.37. The maximum Gasteiger partial charge on any atom is 0.283 e. The molecule has 2 heterocycles. The lowest BCUT2D eigenvalue weighted by atomic mass is 10.2. The first kappa shape index (κ1) is 19.6. The van der Waals surface area contributed by atoms with Crippen LogP contribution in [0.15, 0.2) is 51.5 Å². The van der Waals surface area contributed by atoms with Crippen molar-refractivity contribution in [1.82, 2.24) is 20.4 Å². The van der Waals surface area contributed by atoms with Crippen LogP contribution in [0.2, 0.25) is 0 Å². The van der Waals surface area contributed by atoms with Gasteiger partial charge in [-0.25, -0.2) is 0 Å². The topological polar surface area (TPSA) is 93.6 Å². The molecular formula is C20H24N4O4. The van der Waals surface area contributed by atoms with E-state index in [4.69, 9.17) is 13.6 Å². The summed E-state index contributed by atoms with van der Waals surface area (Å²) < 4.78 is 16.2. The van der Waals surface area contributed by atoms with Gasteiger partial charge in [0.1, 0.15) is 5.75 Å². The van der Waals surface area contributed by atoms with Crippen LogP contribution in [0.25, 0.3) is 11.7 Å². The number of para-hydroxylation sites is 1. The fraction of sp³-hybridized carbons (Fsp3) is 0.350. The first-order valence-electron chi connectivity index (χ1n) is 9.16. The van der Waals surface area contributed by atoms with Gasteiger partial charge in [-0.3, -0.25) is 9.69 Å². The van der Waals surface area contributed by atoms with Gasteiger partial charge in [-0.05, 0) is 31.2 Å². The summed E-state index contributed by atoms with van der Waals surface area (Å²) in [4.78, 5) is 14.4. The molecule has 0 unspecified atom stereocenters. The van der Waals surface area contributed by atoms with Crippen molar-refractivity contribution in [2.24, 2.45) is 0 Å². The summed E-state index contributed by atoms with van der Waals surface area (Å²) in [5, 5.41) is 11.0. The van der Waals surface area contributed by atoms with Gasteiger partial charge in [-0.15, -0.1) is 10.2 Å². The number of furan rings is 1. The second-order valence-corrected chi connectivity index (χ2v) is 6.28. The van der Waals surface area contributed by atoms with Crippen LogP contribution in [0, 0.1) is 0 Å². The van der Waals surface area contributed by atoms with E-state index in [1.54, 1.807) is 25.5 Å². The molecule has 0 aliphatic heterocycles. The molecule has 148 valence electrons. The Morgan fingerprint density at radius 3 is 2.82 bits per heavy atom. The van der Waals surface area contributed by atoms with Crippen molar-refractivity contribution >= 4 is 5.91 Å². The molecule has 8 heteroatoms. The average Bonchev–Trinajstić information content (AvgIpc) is 3.38. The van der Waals surface area contributed by atoms with E-state index < -0.39 is 0 Å². The highest BCUT2D eigenvalue weighted by atomic mass is 16.5. The molecule has 28 heavy (non-hydrogen) atoms. The molecule has 1 aromatic carbocycles. The van der Waals surface area contributed by atoms with E-state index in [2.05, 4.69) is 22.4 Å². The molecule has 0 radical (unpaired) electrons. The van der Waals surface area contributed by atoms with Gasteiger partial charge in [0.25, 0.3) is 5.89 Å². The van der Waals surface area contributed by atoms with Crippen LogP contribution in [0.3, 0.4) is 0 Å². The fourth-order valence-electron chi connectivity index (χ4n) is 2.84. The number of hydrogen-bond acceptors (Lipinski definition) is 7. The predicted molar refractivity (Wildman–Crippen MR) is 102 cm³/mol. The zero-order chi connectivity index (χ0) is 19.8. The van der Waals surface area contributed by atoms with Crippen LogP contribution < -0.4 is 10.1 Å². The lowest BCUT2D eigenvalue weighted by molar-refractivity contribution is -0.122. The molecule has 1 amide bonds. The highest BCUT2D eigenvalue weighted by Crippen LogP contribution is 2.19. The minimum Gasteiger partial charge on any atom is -0.496 e. The smallest absolute Gasteiger partial charge is 0.283 e. The SMILES string of the molecule is CCCN(CC(=O)NCc1ccccc1OC)Cc1nnc(-c2ccco2)o1. The van der Waals surface area contributed by atoms with Crippen LogP contribution in [0.4, 0.5) is 0 Å². The zero-order valence-electron chi connectivity index (χ0n) is 16.1. The molecule has 0 atom stereocenters. The highest BCUT2D eigenvalue weighted by Gasteiger charge is 2.16. The Morgan fingerprint density at radius 2 is 2.07 bits per heavy atom. The van der Waals surface area contributed by atoms with E-state index in [1.165, 1.54) is 0 Å². The molecule has 1 N–H and O–H groups in total. The number of benzene rings is 1. The number of amides is 1. The number of rotatable bonds is 10. The van der Waals surface area contributed by atoms with Crippen LogP contribution in [0.5, 0.6) is 5.75 Å². The quantitative estimate of drug-likeness (QED) is 0.574. The van der Waals surface area contributed by atoms with Crippen molar-refractivity contribution in [2.75, 3.05) is 20.2 Å². The Hall–Kier alpha value is -3.13. The summed E-state index contributed by atoms with van der Waals surface area (Å²) in [6, 6.07) is 11.1. The molecule has 0 saturated carbocycles. The van der Waals surface area contributed by atoms with Crippen molar-refractivity contribution in [2.45, 2.75) is 26.4 Å². The molecule has 3 rings (SSSR count). The fourth-order valence-corrected chi connectivity index (χ4v) is 2.84. The first-order valence-corrected chi connectivity index (χ1v) is 9.16. The van der Waals surface area contributed by atoms with Crippen LogP contribution in [-0.2, 0) is 17.9 Å². The van der Waals surface area contributed by atoms with E-state index >= 15 is 0 Å². The van der Waals surface area contributed by atoms with Crippen LogP contribution >= 0.6 is 0 Å². The number of carbonyl (C=O) groups excluding carboxylic acids is 1. The maximum absolute atomic E-state index is 12.4. The maximum atomic E-state index is 12.4. The molecule has 0 bridgehead atoms. The standard InChI is InChI=1S/C20H24N4O4/c1-3-10-24(14-19-22-23-20(28-19)17-9-6-11-27-17)13-18(25)21-12-15-7-4-5-8-16(15)26-2/h4-9,11H,3,10,12-14H2,1-2H3,(H,21,25). The largest absolute Gasteiger partial charge is 0.496 e. The number of carbonyl (C=O) groups is 1. The Morgan fingerprint density at radius 1 is 1.21 bits per heavy atom. The van der Waals surface area contributed by atoms with Gasteiger partial charge in [-0.2, -0.15) is 0 Å². The normalized spacial score (nSPS) is 11.0. The summed E-state index contributed by atoms with van der Waals surface area (Å²) in [6.07, 6.45) is 2.45. The van der Waals surface area contributed by atoms with Crippen molar-refractivity contribution in [3.05, 3.63) is 54.1 Å². The summed E-state index contributed by atoms with van der Waals surface area (Å²) in [6.45, 7) is 3.83. The van der Waals surface area contributed by atoms with Gasteiger partial charge in [0, 0.05) is 12.1 Å². The minimum absolute atomic E-state index is 0.0786. The molecule has 0 fully saturated rings. The van der Waals surface area contributed by atoms with Crippen molar-refractivity contribution in [3.63, 3.8) is 0 Å². The molecule has 0 spiro atoms. The van der Waals surface area contributed by atoms with Gasteiger partial charge in [0.05, 0.1) is 26.5 Å². The third-order valence-electron chi connectivity index (χ3n) is 4.13. The van der Waals surface area contributed by atoms with E-state index in [9.17, 15) is 4.79 Å². The zero-order valence-corrected chi connectivity index (χ0v) is 16.1. The molecule has 0 saturated heterocycles. The molecule has 0 aliphatic carbocycles. The summed E-state index contributed by atoms with van der Waals surface area (Å²) in [5.41, 5.74) is 0.931. The lowest BCUT2D eigenvalue weighted by Gasteiger charge is -2.19. The summed E-state index contributed by atoms with van der Waals surface area (Å²) in [7, 11) is 1.62. The van der Waals surface area contributed by atoms with Crippen molar-refractivity contribution in [1.29, 1.82) is 0 Å². The third-order valence-corrected chi connectivity index (χ3v) is 4.13. The Kier molecular flexibility index (Phi) is 6.80. The third kappa shape index (κ3) is 5.20. The number of nitrogens with one attached hydrogen (secondary N) is 1.